The molecule has 14 heteroatoms. The van der Waals surface area contributed by atoms with Gasteiger partial charge in [-0.2, -0.15) is 0 Å². The molecule has 0 aliphatic heterocycles. The molecule has 0 N–H and O–H groups in total. The van der Waals surface area contributed by atoms with Gasteiger partial charge in [0.1, 0.15) is 49.4 Å². The molecule has 0 saturated heterocycles. The predicted molar refractivity (Wildman–Crippen MR) is 248 cm³/mol. The van der Waals surface area contributed by atoms with Gasteiger partial charge in [0.05, 0.1) is 0 Å². The monoisotopic (exact) mass is 900 g/mol. The maximum absolute atomic E-state index is 12.0. The number of hydrogen-bond acceptors (Lipinski definition) is 14. The van der Waals surface area contributed by atoms with Crippen LogP contribution < -0.4 is 28.4 Å². The van der Waals surface area contributed by atoms with Gasteiger partial charge in [0.2, 0.25) is 0 Å². The van der Waals surface area contributed by atoms with E-state index >= 15 is 0 Å². The van der Waals surface area contributed by atoms with E-state index in [9.17, 15) is 28.8 Å². The van der Waals surface area contributed by atoms with Crippen LogP contribution in [0.4, 0.5) is 0 Å². The highest BCUT2D eigenvalue weighted by atomic mass is 16.6. The molecule has 4 rings (SSSR count). The van der Waals surface area contributed by atoms with E-state index in [-0.39, 0.29) is 49.1 Å². The van der Waals surface area contributed by atoms with Crippen molar-refractivity contribution in [3.05, 3.63) is 158 Å². The molecule has 4 aromatic carbocycles. The summed E-state index contributed by atoms with van der Waals surface area (Å²) in [5, 5.41) is 0. The largest absolute Gasteiger partial charge is 0.490 e. The Bertz CT molecular complexity index is 2540. The van der Waals surface area contributed by atoms with Crippen LogP contribution in [0.15, 0.2) is 158 Å². The predicted octanol–water partition coefficient (Wildman–Crippen LogP) is 9.63. The molecular formula is C52H52O14. The fraction of sp³-hybridized carbons (Fsp3) is 0.192. The minimum Gasteiger partial charge on any atom is -0.490 e. The van der Waals surface area contributed by atoms with E-state index in [2.05, 4.69) is 39.5 Å². The van der Waals surface area contributed by atoms with Gasteiger partial charge in [0.15, 0.2) is 11.5 Å². The van der Waals surface area contributed by atoms with Gasteiger partial charge in [-0.3, -0.25) is 0 Å². The van der Waals surface area contributed by atoms with E-state index < -0.39 is 35.8 Å². The van der Waals surface area contributed by atoms with Crippen molar-refractivity contribution in [3.8, 4) is 56.8 Å². The molecule has 0 amide bonds. The lowest BCUT2D eigenvalue weighted by atomic mass is 10.0. The molecule has 344 valence electrons. The van der Waals surface area contributed by atoms with Crippen molar-refractivity contribution in [1.29, 1.82) is 0 Å². The zero-order valence-corrected chi connectivity index (χ0v) is 37.9. The Labute approximate surface area is 384 Å². The zero-order chi connectivity index (χ0) is 49.1. The SMILES string of the molecule is C=C(C)C(=O)OCCOc1ccc(-c2ccc(OC(=O)C(=C)C)cc2)c(OCCOC(=O)C(=C)C)c1.C=C(C)C(=O)Oc1ccc(-c2ccc(OC(=O)C(=C)C)c(OC(=O)C(=C)C)c2)cc1. The third-order valence-electron chi connectivity index (χ3n) is 8.33. The Morgan fingerprint density at radius 2 is 0.727 bits per heavy atom. The number of ether oxygens (including phenoxy) is 8. The summed E-state index contributed by atoms with van der Waals surface area (Å²) in [5.74, 6) is -1.44. The number of hydrogen-bond donors (Lipinski definition) is 0. The quantitative estimate of drug-likeness (QED) is 0.0355. The minimum atomic E-state index is -0.651. The summed E-state index contributed by atoms with van der Waals surface area (Å²) in [6, 6.07) is 23.6. The Morgan fingerprint density at radius 1 is 0.348 bits per heavy atom. The molecule has 0 atom stereocenters. The number of rotatable bonds is 20. The molecule has 0 fully saturated rings. The summed E-state index contributed by atoms with van der Waals surface area (Å²) >= 11 is 0. The van der Waals surface area contributed by atoms with Crippen LogP contribution in [0.1, 0.15) is 41.5 Å². The minimum absolute atomic E-state index is 0.0306. The third-order valence-corrected chi connectivity index (χ3v) is 8.33. The second kappa shape index (κ2) is 25.1. The van der Waals surface area contributed by atoms with Crippen LogP contribution in [0.3, 0.4) is 0 Å². The number of carbonyl (C=O) groups is 6. The van der Waals surface area contributed by atoms with Gasteiger partial charge < -0.3 is 37.9 Å². The standard InChI is InChI=1S/C28H30O8.C24H22O6/c1-18(2)26(29)34-15-13-32-23-11-12-24(25(17-23)33-14-16-35-27(30)19(3)4)21-7-9-22(10-8-21)36-28(31)20(5)6;1-14(2)22(25)28-19-10-7-17(8-11-19)18-9-12-20(29-23(26)15(3)4)21(13-18)30-24(27)16(5)6/h7-12,17H,1,3,5,13-16H2,2,4,6H3;7-13H,1,3,5H2,2,4,6H3. The molecule has 0 bridgehead atoms. The Hall–Kier alpha value is -8.26. The summed E-state index contributed by atoms with van der Waals surface area (Å²) in [4.78, 5) is 70.3. The summed E-state index contributed by atoms with van der Waals surface area (Å²) in [6.45, 7) is 30.9. The molecule has 4 aromatic rings. The molecule has 0 unspecified atom stereocenters. The topological polar surface area (TPSA) is 176 Å². The molecule has 0 aliphatic rings. The average Bonchev–Trinajstić information content (AvgIpc) is 3.27. The molecule has 0 aromatic heterocycles. The molecule has 14 nitrogen and oxygen atoms in total. The fourth-order valence-electron chi connectivity index (χ4n) is 4.81. The van der Waals surface area contributed by atoms with Crippen LogP contribution in [0.25, 0.3) is 22.3 Å². The molecule has 0 aliphatic carbocycles. The third kappa shape index (κ3) is 16.8. The zero-order valence-electron chi connectivity index (χ0n) is 37.9. The lowest BCUT2D eigenvalue weighted by Crippen LogP contribution is -2.13. The van der Waals surface area contributed by atoms with Gasteiger partial charge in [0, 0.05) is 45.1 Å². The lowest BCUT2D eigenvalue weighted by molar-refractivity contribution is -0.140. The molecule has 66 heavy (non-hydrogen) atoms. The molecule has 0 spiro atoms. The van der Waals surface area contributed by atoms with Gasteiger partial charge in [0.25, 0.3) is 0 Å². The smallest absolute Gasteiger partial charge is 0.338 e. The first-order valence-electron chi connectivity index (χ1n) is 20.1. The van der Waals surface area contributed by atoms with Crippen LogP contribution in [0.5, 0.6) is 34.5 Å². The summed E-state index contributed by atoms with van der Waals surface area (Å²) in [6.07, 6.45) is 0. The highest BCUT2D eigenvalue weighted by Crippen LogP contribution is 2.36. The van der Waals surface area contributed by atoms with Crippen LogP contribution in [0.2, 0.25) is 0 Å². The Balaban J connectivity index is 0.000000356. The first-order chi connectivity index (χ1) is 31.2. The van der Waals surface area contributed by atoms with Crippen molar-refractivity contribution < 1.29 is 66.7 Å². The fourth-order valence-corrected chi connectivity index (χ4v) is 4.81. The molecule has 0 heterocycles. The van der Waals surface area contributed by atoms with Crippen molar-refractivity contribution >= 4 is 35.8 Å². The van der Waals surface area contributed by atoms with Crippen molar-refractivity contribution in [2.75, 3.05) is 26.4 Å². The van der Waals surface area contributed by atoms with E-state index in [0.717, 1.165) is 16.7 Å². The van der Waals surface area contributed by atoms with Crippen LogP contribution in [0, 0.1) is 0 Å². The molecular weight excluding hydrogens is 849 g/mol. The average molecular weight is 901 g/mol. The maximum atomic E-state index is 12.0. The van der Waals surface area contributed by atoms with E-state index in [1.165, 1.54) is 19.9 Å². The van der Waals surface area contributed by atoms with Gasteiger partial charge >= 0.3 is 35.8 Å². The summed E-state index contributed by atoms with van der Waals surface area (Å²) < 4.78 is 42.7. The highest BCUT2D eigenvalue weighted by molar-refractivity contribution is 5.92. The molecule has 0 saturated carbocycles. The second-order valence-electron chi connectivity index (χ2n) is 14.6. The van der Waals surface area contributed by atoms with E-state index in [4.69, 9.17) is 37.9 Å². The van der Waals surface area contributed by atoms with Gasteiger partial charge in [-0.15, -0.1) is 0 Å². The highest BCUT2D eigenvalue weighted by Gasteiger charge is 2.17. The molecule has 0 radical (unpaired) electrons. The number of carbonyl (C=O) groups excluding carboxylic acids is 6. The van der Waals surface area contributed by atoms with Crippen molar-refractivity contribution in [1.82, 2.24) is 0 Å². The van der Waals surface area contributed by atoms with Crippen LogP contribution in [-0.2, 0) is 38.2 Å². The van der Waals surface area contributed by atoms with Crippen molar-refractivity contribution in [3.63, 3.8) is 0 Å². The van der Waals surface area contributed by atoms with Gasteiger partial charge in [-0.1, -0.05) is 69.8 Å². The number of esters is 6. The van der Waals surface area contributed by atoms with E-state index in [1.54, 1.807) is 107 Å². The first-order valence-corrected chi connectivity index (χ1v) is 20.1. The van der Waals surface area contributed by atoms with Crippen molar-refractivity contribution in [2.24, 2.45) is 0 Å². The summed E-state index contributed by atoms with van der Waals surface area (Å²) in [7, 11) is 0. The lowest BCUT2D eigenvalue weighted by Gasteiger charge is -2.15. The van der Waals surface area contributed by atoms with Crippen LogP contribution in [-0.4, -0.2) is 62.2 Å². The van der Waals surface area contributed by atoms with E-state index in [0.29, 0.717) is 50.9 Å². The summed E-state index contributed by atoms with van der Waals surface area (Å²) in [5.41, 5.74) is 4.57. The first kappa shape index (κ1) is 52.1. The van der Waals surface area contributed by atoms with Gasteiger partial charge in [-0.05, 0) is 107 Å². The van der Waals surface area contributed by atoms with Crippen LogP contribution >= 0.6 is 0 Å². The van der Waals surface area contributed by atoms with Gasteiger partial charge in [-0.25, -0.2) is 28.8 Å². The van der Waals surface area contributed by atoms with E-state index in [1.807, 2.05) is 0 Å². The second-order valence-corrected chi connectivity index (χ2v) is 14.6. The number of benzene rings is 4. The maximum Gasteiger partial charge on any atom is 0.338 e. The Kier molecular flexibility index (Phi) is 19.8. The Morgan fingerprint density at radius 3 is 1.18 bits per heavy atom. The van der Waals surface area contributed by atoms with Crippen molar-refractivity contribution in [2.45, 2.75) is 41.5 Å². The normalized spacial score (nSPS) is 10.0.